The number of likely N-dealkylation sites (N-methyl/N-ethyl adjacent to an activating group) is 1. The van der Waals surface area contributed by atoms with Gasteiger partial charge in [0.2, 0.25) is 0 Å². The molecule has 0 fully saturated rings. The normalized spacial score (nSPS) is 11.1. The second-order valence-corrected chi connectivity index (χ2v) is 5.26. The van der Waals surface area contributed by atoms with E-state index < -0.39 is 11.4 Å². The van der Waals surface area contributed by atoms with Gasteiger partial charge in [-0.1, -0.05) is 0 Å². The fourth-order valence-electron chi connectivity index (χ4n) is 1.83. The molecule has 0 aliphatic carbocycles. The Balaban J connectivity index is 2.83. The van der Waals surface area contributed by atoms with Gasteiger partial charge in [-0.05, 0) is 52.0 Å². The van der Waals surface area contributed by atoms with E-state index in [2.05, 4.69) is 0 Å². The van der Waals surface area contributed by atoms with Gasteiger partial charge in [-0.15, -0.1) is 0 Å². The molecule has 0 heterocycles. The third kappa shape index (κ3) is 4.28. The molecule has 1 aromatic rings. The molecular weight excluding hydrogens is 273 g/mol. The van der Waals surface area contributed by atoms with Crippen LogP contribution < -0.4 is 4.90 Å². The number of rotatable bonds is 7. The molecule has 0 unspecified atom stereocenters. The Bertz CT molecular complexity index is 497. The van der Waals surface area contributed by atoms with Crippen LogP contribution in [-0.4, -0.2) is 31.4 Å². The monoisotopic (exact) mass is 295 g/mol. The maximum atomic E-state index is 12.9. The quantitative estimate of drug-likeness (QED) is 0.573. The average Bonchev–Trinajstić information content (AvgIpc) is 2.45. The number of hydrogen-bond acceptors (Lipinski definition) is 4. The molecule has 0 bridgehead atoms. The molecule has 0 atom stereocenters. The smallest absolute Gasteiger partial charge is 0.319 e. The van der Waals surface area contributed by atoms with E-state index in [1.807, 2.05) is 6.92 Å². The van der Waals surface area contributed by atoms with Crippen LogP contribution in [0.1, 0.15) is 27.7 Å². The second kappa shape index (κ2) is 7.20. The Kier molecular flexibility index (Phi) is 5.88. The van der Waals surface area contributed by atoms with Gasteiger partial charge in [0.1, 0.15) is 11.2 Å². The molecule has 0 amide bonds. The van der Waals surface area contributed by atoms with Gasteiger partial charge in [-0.3, -0.25) is 9.59 Å². The van der Waals surface area contributed by atoms with Crippen LogP contribution in [0.3, 0.4) is 0 Å². The number of esters is 1. The van der Waals surface area contributed by atoms with Crippen LogP contribution in [0.4, 0.5) is 10.1 Å². The molecule has 116 valence electrons. The van der Waals surface area contributed by atoms with E-state index in [1.54, 1.807) is 37.8 Å². The first kappa shape index (κ1) is 17.1. The first-order valence-corrected chi connectivity index (χ1v) is 7.04. The molecule has 0 radical (unpaired) electrons. The van der Waals surface area contributed by atoms with Gasteiger partial charge in [0.15, 0.2) is 5.78 Å². The molecule has 1 rings (SSSR count). The summed E-state index contributed by atoms with van der Waals surface area (Å²) in [6, 6.07) is 5.92. The number of ketones is 1. The van der Waals surface area contributed by atoms with E-state index >= 15 is 0 Å². The zero-order valence-electron chi connectivity index (χ0n) is 13.0. The molecule has 0 saturated heterocycles. The molecule has 0 N–H and O–H groups in total. The van der Waals surface area contributed by atoms with E-state index in [1.165, 1.54) is 12.1 Å². The standard InChI is InChI=1S/C16H22FNO3/c1-5-18(13-9-7-12(17)8-10-13)11-14(19)16(3,4)15(20)21-6-2/h7-10H,5-6,11H2,1-4H3. The lowest BCUT2D eigenvalue weighted by molar-refractivity contribution is -0.157. The van der Waals surface area contributed by atoms with Gasteiger partial charge in [0.05, 0.1) is 13.2 Å². The number of nitrogens with zero attached hydrogens (tertiary/aromatic N) is 1. The van der Waals surface area contributed by atoms with Crippen molar-refractivity contribution in [2.75, 3.05) is 24.6 Å². The minimum absolute atomic E-state index is 0.0773. The zero-order chi connectivity index (χ0) is 16.0. The lowest BCUT2D eigenvalue weighted by Crippen LogP contribution is -2.42. The van der Waals surface area contributed by atoms with Gasteiger partial charge in [-0.2, -0.15) is 0 Å². The minimum atomic E-state index is -1.19. The van der Waals surface area contributed by atoms with Gasteiger partial charge < -0.3 is 9.64 Å². The number of halogens is 1. The fourth-order valence-corrected chi connectivity index (χ4v) is 1.83. The summed E-state index contributed by atoms with van der Waals surface area (Å²) < 4.78 is 17.9. The third-order valence-electron chi connectivity index (χ3n) is 3.39. The highest BCUT2D eigenvalue weighted by Crippen LogP contribution is 2.22. The molecule has 1 aromatic carbocycles. The maximum absolute atomic E-state index is 12.9. The van der Waals surface area contributed by atoms with E-state index in [4.69, 9.17) is 4.74 Å². The first-order chi connectivity index (χ1) is 9.82. The van der Waals surface area contributed by atoms with Crippen molar-refractivity contribution >= 4 is 17.4 Å². The highest BCUT2D eigenvalue weighted by molar-refractivity contribution is 6.04. The van der Waals surface area contributed by atoms with Crippen molar-refractivity contribution in [2.24, 2.45) is 5.41 Å². The zero-order valence-corrected chi connectivity index (χ0v) is 13.0. The van der Waals surface area contributed by atoms with Crippen molar-refractivity contribution in [1.82, 2.24) is 0 Å². The number of Topliss-reactive ketones (excluding diaryl/α,β-unsaturated/α-hetero) is 1. The van der Waals surface area contributed by atoms with Crippen LogP contribution >= 0.6 is 0 Å². The molecular formula is C16H22FNO3. The molecule has 21 heavy (non-hydrogen) atoms. The van der Waals surface area contributed by atoms with Crippen LogP contribution in [0.2, 0.25) is 0 Å². The molecule has 0 aliphatic heterocycles. The van der Waals surface area contributed by atoms with E-state index in [0.29, 0.717) is 6.54 Å². The van der Waals surface area contributed by atoms with Crippen molar-refractivity contribution in [3.05, 3.63) is 30.1 Å². The number of hydrogen-bond donors (Lipinski definition) is 0. The Labute approximate surface area is 124 Å². The summed E-state index contributed by atoms with van der Waals surface area (Å²) in [5.41, 5.74) is -0.449. The van der Waals surface area contributed by atoms with Crippen molar-refractivity contribution in [3.8, 4) is 0 Å². The lowest BCUT2D eigenvalue weighted by atomic mass is 9.87. The van der Waals surface area contributed by atoms with E-state index in [9.17, 15) is 14.0 Å². The topological polar surface area (TPSA) is 46.6 Å². The summed E-state index contributed by atoms with van der Waals surface area (Å²) in [6.07, 6.45) is 0. The summed E-state index contributed by atoms with van der Waals surface area (Å²) in [5, 5.41) is 0. The van der Waals surface area contributed by atoms with Crippen LogP contribution in [-0.2, 0) is 14.3 Å². The van der Waals surface area contributed by atoms with E-state index in [0.717, 1.165) is 5.69 Å². The maximum Gasteiger partial charge on any atom is 0.319 e. The van der Waals surface area contributed by atoms with Crippen LogP contribution in [0.15, 0.2) is 24.3 Å². The lowest BCUT2D eigenvalue weighted by Gasteiger charge is -2.27. The summed E-state index contributed by atoms with van der Waals surface area (Å²) in [4.78, 5) is 26.0. The summed E-state index contributed by atoms with van der Waals surface area (Å²) in [5.74, 6) is -1.08. The van der Waals surface area contributed by atoms with Crippen LogP contribution in [0.5, 0.6) is 0 Å². The Morgan fingerprint density at radius 2 is 1.76 bits per heavy atom. The first-order valence-electron chi connectivity index (χ1n) is 7.04. The van der Waals surface area contributed by atoms with Crippen molar-refractivity contribution in [2.45, 2.75) is 27.7 Å². The van der Waals surface area contributed by atoms with Crippen LogP contribution in [0.25, 0.3) is 0 Å². The molecule has 0 saturated carbocycles. The van der Waals surface area contributed by atoms with Gasteiger partial charge in [0, 0.05) is 12.2 Å². The highest BCUT2D eigenvalue weighted by atomic mass is 19.1. The number of carbonyl (C=O) groups excluding carboxylic acids is 2. The molecule has 4 nitrogen and oxygen atoms in total. The SMILES string of the molecule is CCOC(=O)C(C)(C)C(=O)CN(CC)c1ccc(F)cc1. The summed E-state index contributed by atoms with van der Waals surface area (Å²) in [7, 11) is 0. The van der Waals surface area contributed by atoms with Crippen LogP contribution in [0, 0.1) is 11.2 Å². The van der Waals surface area contributed by atoms with Gasteiger partial charge >= 0.3 is 5.97 Å². The third-order valence-corrected chi connectivity index (χ3v) is 3.39. The number of carbonyl (C=O) groups is 2. The summed E-state index contributed by atoms with van der Waals surface area (Å²) >= 11 is 0. The van der Waals surface area contributed by atoms with Gasteiger partial charge in [-0.25, -0.2) is 4.39 Å². The van der Waals surface area contributed by atoms with Crippen molar-refractivity contribution < 1.29 is 18.7 Å². The molecule has 0 aromatic heterocycles. The average molecular weight is 295 g/mol. The fraction of sp³-hybridized carbons (Fsp3) is 0.500. The molecule has 0 aliphatic rings. The Morgan fingerprint density at radius 3 is 2.24 bits per heavy atom. The molecule has 0 spiro atoms. The van der Waals surface area contributed by atoms with E-state index in [-0.39, 0.29) is 24.8 Å². The number of ether oxygens (including phenoxy) is 1. The van der Waals surface area contributed by atoms with Gasteiger partial charge in [0.25, 0.3) is 0 Å². The Morgan fingerprint density at radius 1 is 1.19 bits per heavy atom. The summed E-state index contributed by atoms with van der Waals surface area (Å²) in [6.45, 7) is 7.62. The predicted octanol–water partition coefficient (Wildman–Crippen LogP) is 2.81. The molecule has 5 heteroatoms. The predicted molar refractivity (Wildman–Crippen MR) is 79.7 cm³/mol. The van der Waals surface area contributed by atoms with Crippen molar-refractivity contribution in [1.29, 1.82) is 0 Å². The minimum Gasteiger partial charge on any atom is -0.465 e. The second-order valence-electron chi connectivity index (χ2n) is 5.26. The largest absolute Gasteiger partial charge is 0.465 e. The number of benzene rings is 1. The number of anilines is 1. The Hall–Kier alpha value is -1.91. The highest BCUT2D eigenvalue weighted by Gasteiger charge is 2.37. The van der Waals surface area contributed by atoms with Crippen molar-refractivity contribution in [3.63, 3.8) is 0 Å².